The third-order valence-electron chi connectivity index (χ3n) is 4.28. The first-order chi connectivity index (χ1) is 9.41. The van der Waals surface area contributed by atoms with Gasteiger partial charge >= 0.3 is 0 Å². The highest BCUT2D eigenvalue weighted by molar-refractivity contribution is 9.10. The number of nitrogens with one attached hydrogen (secondary N) is 1. The molecule has 112 valence electrons. The van der Waals surface area contributed by atoms with Crippen LogP contribution in [-0.2, 0) is 10.0 Å². The lowest BCUT2D eigenvalue weighted by Gasteiger charge is -2.42. The number of halogens is 1. The Morgan fingerprint density at radius 2 is 2.10 bits per heavy atom. The molecule has 1 fully saturated rings. The Bertz CT molecular complexity index is 576. The van der Waals surface area contributed by atoms with E-state index in [2.05, 4.69) is 27.6 Å². The Hall–Kier alpha value is -0.430. The monoisotopic (exact) mass is 360 g/mol. The van der Waals surface area contributed by atoms with E-state index in [-0.39, 0.29) is 10.8 Å². The molecule has 1 saturated carbocycles. The molecule has 0 aromatic heterocycles. The van der Waals surface area contributed by atoms with Crippen molar-refractivity contribution >= 4 is 26.0 Å². The smallest absolute Gasteiger partial charge is 0.242 e. The quantitative estimate of drug-likeness (QED) is 0.866. The van der Waals surface area contributed by atoms with E-state index in [1.807, 2.05) is 0 Å². The van der Waals surface area contributed by atoms with Gasteiger partial charge in [0.2, 0.25) is 10.0 Å². The lowest BCUT2D eigenvalue weighted by Crippen LogP contribution is -2.58. The second-order valence-electron chi connectivity index (χ2n) is 5.54. The fraction of sp³-hybridized carbons (Fsp3) is 0.571. The molecule has 20 heavy (non-hydrogen) atoms. The summed E-state index contributed by atoms with van der Waals surface area (Å²) in [6, 6.07) is 6.85. The van der Waals surface area contributed by atoms with Crippen molar-refractivity contribution in [2.24, 2.45) is 11.7 Å². The highest BCUT2D eigenvalue weighted by Gasteiger charge is 2.40. The number of sulfonamides is 1. The zero-order valence-corrected chi connectivity index (χ0v) is 14.0. The number of hydrogen-bond acceptors (Lipinski definition) is 3. The van der Waals surface area contributed by atoms with Gasteiger partial charge in [0.15, 0.2) is 0 Å². The van der Waals surface area contributed by atoms with E-state index in [1.54, 1.807) is 24.3 Å². The summed E-state index contributed by atoms with van der Waals surface area (Å²) < 4.78 is 28.7. The van der Waals surface area contributed by atoms with Crippen molar-refractivity contribution < 1.29 is 8.42 Å². The third-order valence-corrected chi connectivity index (χ3v) is 6.85. The van der Waals surface area contributed by atoms with E-state index < -0.39 is 15.6 Å². The number of hydrogen-bond donors (Lipinski definition) is 2. The van der Waals surface area contributed by atoms with E-state index in [0.717, 1.165) is 25.7 Å². The number of nitrogens with two attached hydrogens (primary N) is 1. The zero-order chi connectivity index (χ0) is 14.8. The average molecular weight is 361 g/mol. The first-order valence-corrected chi connectivity index (χ1v) is 9.17. The lowest BCUT2D eigenvalue weighted by molar-refractivity contribution is 0.191. The SMILES string of the molecule is CC1CCCCC1(CN)NS(=O)(=O)c1ccccc1Br. The summed E-state index contributed by atoms with van der Waals surface area (Å²) in [6.45, 7) is 2.41. The van der Waals surface area contributed by atoms with E-state index in [9.17, 15) is 8.42 Å². The van der Waals surface area contributed by atoms with Gasteiger partial charge in [0.25, 0.3) is 0 Å². The molecule has 1 aromatic carbocycles. The second kappa shape index (κ2) is 6.13. The van der Waals surface area contributed by atoms with Crippen LogP contribution in [0.5, 0.6) is 0 Å². The lowest BCUT2D eigenvalue weighted by atomic mass is 9.74. The summed E-state index contributed by atoms with van der Waals surface area (Å²) in [5, 5.41) is 0. The van der Waals surface area contributed by atoms with Gasteiger partial charge in [0, 0.05) is 16.6 Å². The highest BCUT2D eigenvalue weighted by Crippen LogP contribution is 2.34. The molecule has 0 radical (unpaired) electrons. The second-order valence-corrected chi connectivity index (χ2v) is 8.05. The molecule has 0 aliphatic heterocycles. The minimum absolute atomic E-state index is 0.249. The predicted molar refractivity (Wildman–Crippen MR) is 83.9 cm³/mol. The standard InChI is InChI=1S/C14H21BrN2O2S/c1-11-6-4-5-9-14(11,10-16)17-20(18,19)13-8-3-2-7-12(13)15/h2-3,7-8,11,17H,4-6,9-10,16H2,1H3. The van der Waals surface area contributed by atoms with Gasteiger partial charge in [-0.15, -0.1) is 0 Å². The van der Waals surface area contributed by atoms with Gasteiger partial charge in [-0.2, -0.15) is 0 Å². The molecule has 2 unspecified atom stereocenters. The largest absolute Gasteiger partial charge is 0.329 e. The Morgan fingerprint density at radius 1 is 1.40 bits per heavy atom. The molecule has 0 amide bonds. The van der Waals surface area contributed by atoms with Crippen molar-refractivity contribution in [3.63, 3.8) is 0 Å². The van der Waals surface area contributed by atoms with Crippen LogP contribution in [0.1, 0.15) is 32.6 Å². The third kappa shape index (κ3) is 3.08. The summed E-state index contributed by atoms with van der Waals surface area (Å²) in [4.78, 5) is 0.269. The molecule has 3 N–H and O–H groups in total. The van der Waals surface area contributed by atoms with Crippen LogP contribution in [0.15, 0.2) is 33.6 Å². The molecule has 0 saturated heterocycles. The van der Waals surface area contributed by atoms with Crippen molar-refractivity contribution in [1.82, 2.24) is 4.72 Å². The summed E-state index contributed by atoms with van der Waals surface area (Å²) in [5.41, 5.74) is 5.39. The van der Waals surface area contributed by atoms with E-state index in [1.165, 1.54) is 0 Å². The van der Waals surface area contributed by atoms with Crippen LogP contribution in [0.3, 0.4) is 0 Å². The summed E-state index contributed by atoms with van der Waals surface area (Å²) in [5.74, 6) is 0.249. The first kappa shape index (κ1) is 15.9. The Balaban J connectivity index is 2.33. The van der Waals surface area contributed by atoms with Gasteiger partial charge in [-0.1, -0.05) is 31.9 Å². The van der Waals surface area contributed by atoms with Gasteiger partial charge in [0.1, 0.15) is 0 Å². The molecule has 1 aliphatic carbocycles. The van der Waals surface area contributed by atoms with Crippen LogP contribution in [0.4, 0.5) is 0 Å². The molecule has 6 heteroatoms. The van der Waals surface area contributed by atoms with Crippen LogP contribution in [0.2, 0.25) is 0 Å². The maximum Gasteiger partial charge on any atom is 0.242 e. The van der Waals surface area contributed by atoms with Crippen molar-refractivity contribution in [2.45, 2.75) is 43.0 Å². The summed E-state index contributed by atoms with van der Waals surface area (Å²) in [6.07, 6.45) is 3.96. The normalized spacial score (nSPS) is 27.4. The molecule has 4 nitrogen and oxygen atoms in total. The maximum absolute atomic E-state index is 12.6. The summed E-state index contributed by atoms with van der Waals surface area (Å²) >= 11 is 3.30. The van der Waals surface area contributed by atoms with Gasteiger partial charge in [0.05, 0.1) is 4.90 Å². The Morgan fingerprint density at radius 3 is 2.70 bits per heavy atom. The summed E-state index contributed by atoms with van der Waals surface area (Å²) in [7, 11) is -3.57. The van der Waals surface area contributed by atoms with Crippen LogP contribution >= 0.6 is 15.9 Å². The zero-order valence-electron chi connectivity index (χ0n) is 11.6. The minimum atomic E-state index is -3.57. The Labute approximate surface area is 129 Å². The molecular formula is C14H21BrN2O2S. The van der Waals surface area contributed by atoms with Crippen molar-refractivity contribution in [1.29, 1.82) is 0 Å². The van der Waals surface area contributed by atoms with Crippen LogP contribution in [0.25, 0.3) is 0 Å². The average Bonchev–Trinajstić information content (AvgIpc) is 2.41. The Kier molecular flexibility index (Phi) is 4.89. The molecule has 2 rings (SSSR count). The fourth-order valence-corrected chi connectivity index (χ4v) is 5.43. The molecule has 0 heterocycles. The van der Waals surface area contributed by atoms with Gasteiger partial charge in [-0.25, -0.2) is 13.1 Å². The van der Waals surface area contributed by atoms with Gasteiger partial charge < -0.3 is 5.73 Å². The molecule has 1 aliphatic rings. The van der Waals surface area contributed by atoms with Gasteiger partial charge in [-0.05, 0) is 46.8 Å². The van der Waals surface area contributed by atoms with Crippen LogP contribution in [0, 0.1) is 5.92 Å². The van der Waals surface area contributed by atoms with E-state index in [0.29, 0.717) is 11.0 Å². The highest BCUT2D eigenvalue weighted by atomic mass is 79.9. The van der Waals surface area contributed by atoms with Crippen molar-refractivity contribution in [3.8, 4) is 0 Å². The van der Waals surface area contributed by atoms with Crippen LogP contribution in [-0.4, -0.2) is 20.5 Å². The predicted octanol–water partition coefficient (Wildman–Crippen LogP) is 2.64. The molecule has 0 bridgehead atoms. The van der Waals surface area contributed by atoms with Crippen molar-refractivity contribution in [3.05, 3.63) is 28.7 Å². The molecule has 2 atom stereocenters. The molecule has 1 aromatic rings. The maximum atomic E-state index is 12.6. The number of benzene rings is 1. The molecule has 0 spiro atoms. The first-order valence-electron chi connectivity index (χ1n) is 6.90. The minimum Gasteiger partial charge on any atom is -0.329 e. The van der Waals surface area contributed by atoms with Gasteiger partial charge in [-0.3, -0.25) is 0 Å². The number of rotatable bonds is 4. The topological polar surface area (TPSA) is 72.2 Å². The van der Waals surface area contributed by atoms with E-state index in [4.69, 9.17) is 5.73 Å². The van der Waals surface area contributed by atoms with E-state index >= 15 is 0 Å². The van der Waals surface area contributed by atoms with Crippen LogP contribution < -0.4 is 10.5 Å². The van der Waals surface area contributed by atoms with Crippen molar-refractivity contribution in [2.75, 3.05) is 6.54 Å². The fourth-order valence-electron chi connectivity index (χ4n) is 2.90. The molecular weight excluding hydrogens is 340 g/mol.